The fourth-order valence-electron chi connectivity index (χ4n) is 2.83. The Hall–Kier alpha value is -2.96. The standard InChI is InChI=1S/C19H23N5O2/c25-17(14-22-18(26)15-7-3-1-4-8-15)21-13-16-9-10-20-19(23-16)24-11-5-2-6-12-24/h1,3-4,7-10H,2,5-6,11-14H2,(H,21,25)(H,22,26). The second-order valence-electron chi connectivity index (χ2n) is 6.22. The van der Waals surface area contributed by atoms with Gasteiger partial charge in [0.25, 0.3) is 5.91 Å². The van der Waals surface area contributed by atoms with Crippen LogP contribution in [0.1, 0.15) is 35.3 Å². The number of carbonyl (C=O) groups excluding carboxylic acids is 2. The predicted octanol–water partition coefficient (Wildman–Crippen LogP) is 1.51. The molecular weight excluding hydrogens is 330 g/mol. The topological polar surface area (TPSA) is 87.2 Å². The van der Waals surface area contributed by atoms with Gasteiger partial charge in [-0.25, -0.2) is 9.97 Å². The lowest BCUT2D eigenvalue weighted by Crippen LogP contribution is -2.37. The highest BCUT2D eigenvalue weighted by Crippen LogP contribution is 2.15. The van der Waals surface area contributed by atoms with Crippen LogP contribution >= 0.6 is 0 Å². The van der Waals surface area contributed by atoms with Crippen molar-refractivity contribution in [2.45, 2.75) is 25.8 Å². The highest BCUT2D eigenvalue weighted by molar-refractivity contribution is 5.96. The largest absolute Gasteiger partial charge is 0.349 e. The van der Waals surface area contributed by atoms with E-state index in [1.165, 1.54) is 6.42 Å². The summed E-state index contributed by atoms with van der Waals surface area (Å²) in [5.41, 5.74) is 1.28. The van der Waals surface area contributed by atoms with E-state index in [9.17, 15) is 9.59 Å². The lowest BCUT2D eigenvalue weighted by Gasteiger charge is -2.26. The Bertz CT molecular complexity index is 745. The van der Waals surface area contributed by atoms with Crippen molar-refractivity contribution in [2.75, 3.05) is 24.5 Å². The van der Waals surface area contributed by atoms with E-state index in [1.54, 1.807) is 36.5 Å². The van der Waals surface area contributed by atoms with Crippen LogP contribution in [0.2, 0.25) is 0 Å². The predicted molar refractivity (Wildman–Crippen MR) is 98.7 cm³/mol. The maximum absolute atomic E-state index is 12.0. The molecule has 0 bridgehead atoms. The number of carbonyl (C=O) groups is 2. The molecule has 1 fully saturated rings. The van der Waals surface area contributed by atoms with E-state index in [2.05, 4.69) is 25.5 Å². The fourth-order valence-corrected chi connectivity index (χ4v) is 2.83. The maximum Gasteiger partial charge on any atom is 0.251 e. The molecule has 1 aromatic carbocycles. The third kappa shape index (κ3) is 5.02. The van der Waals surface area contributed by atoms with Crippen LogP contribution in [0.4, 0.5) is 5.95 Å². The summed E-state index contributed by atoms with van der Waals surface area (Å²) >= 11 is 0. The molecule has 1 aliphatic heterocycles. The molecule has 136 valence electrons. The van der Waals surface area contributed by atoms with Gasteiger partial charge in [0.1, 0.15) is 0 Å². The summed E-state index contributed by atoms with van der Waals surface area (Å²) in [6, 6.07) is 10.6. The minimum absolute atomic E-state index is 0.0716. The van der Waals surface area contributed by atoms with Gasteiger partial charge in [0.15, 0.2) is 0 Å². The first-order valence-electron chi connectivity index (χ1n) is 8.89. The van der Waals surface area contributed by atoms with Gasteiger partial charge < -0.3 is 15.5 Å². The number of anilines is 1. The Balaban J connectivity index is 1.46. The van der Waals surface area contributed by atoms with E-state index < -0.39 is 0 Å². The van der Waals surface area contributed by atoms with Crippen molar-refractivity contribution in [3.8, 4) is 0 Å². The summed E-state index contributed by atoms with van der Waals surface area (Å²) in [6.07, 6.45) is 5.29. The summed E-state index contributed by atoms with van der Waals surface area (Å²) in [7, 11) is 0. The molecule has 2 N–H and O–H groups in total. The second kappa shape index (κ2) is 8.94. The Kier molecular flexibility index (Phi) is 6.14. The molecule has 0 aliphatic carbocycles. The van der Waals surface area contributed by atoms with E-state index in [4.69, 9.17) is 0 Å². The molecule has 0 radical (unpaired) electrons. The molecule has 3 rings (SSSR count). The Labute approximate surface area is 152 Å². The Morgan fingerprint density at radius 2 is 1.77 bits per heavy atom. The number of nitrogens with zero attached hydrogens (tertiary/aromatic N) is 3. The van der Waals surface area contributed by atoms with Crippen molar-refractivity contribution in [1.82, 2.24) is 20.6 Å². The van der Waals surface area contributed by atoms with Crippen molar-refractivity contribution < 1.29 is 9.59 Å². The molecule has 2 aromatic rings. The SMILES string of the molecule is O=C(CNC(=O)c1ccccc1)NCc1ccnc(N2CCCCC2)n1. The molecule has 0 atom stereocenters. The zero-order valence-corrected chi connectivity index (χ0v) is 14.6. The van der Waals surface area contributed by atoms with Gasteiger partial charge in [0.2, 0.25) is 11.9 Å². The van der Waals surface area contributed by atoms with Gasteiger partial charge in [-0.3, -0.25) is 9.59 Å². The number of benzene rings is 1. The molecule has 0 unspecified atom stereocenters. The van der Waals surface area contributed by atoms with Gasteiger partial charge in [0.05, 0.1) is 18.8 Å². The normalized spacial score (nSPS) is 13.9. The minimum atomic E-state index is -0.268. The van der Waals surface area contributed by atoms with Crippen LogP contribution in [0.3, 0.4) is 0 Å². The van der Waals surface area contributed by atoms with Crippen LogP contribution in [-0.4, -0.2) is 41.4 Å². The van der Waals surface area contributed by atoms with E-state index >= 15 is 0 Å². The number of hydrogen-bond donors (Lipinski definition) is 2. The Morgan fingerprint density at radius 3 is 2.54 bits per heavy atom. The van der Waals surface area contributed by atoms with Crippen molar-refractivity contribution >= 4 is 17.8 Å². The minimum Gasteiger partial charge on any atom is -0.349 e. The summed E-state index contributed by atoms with van der Waals surface area (Å²) in [5.74, 6) is 0.191. The van der Waals surface area contributed by atoms with Gasteiger partial charge in [-0.2, -0.15) is 0 Å². The highest BCUT2D eigenvalue weighted by Gasteiger charge is 2.14. The summed E-state index contributed by atoms with van der Waals surface area (Å²) in [5, 5.41) is 5.38. The number of aromatic nitrogens is 2. The van der Waals surface area contributed by atoms with Crippen molar-refractivity contribution in [2.24, 2.45) is 0 Å². The highest BCUT2D eigenvalue weighted by atomic mass is 16.2. The third-order valence-corrected chi connectivity index (χ3v) is 4.25. The number of rotatable bonds is 6. The number of piperidine rings is 1. The zero-order chi connectivity index (χ0) is 18.2. The quantitative estimate of drug-likeness (QED) is 0.822. The van der Waals surface area contributed by atoms with Crippen LogP contribution in [-0.2, 0) is 11.3 Å². The molecule has 0 spiro atoms. The Morgan fingerprint density at radius 1 is 1.00 bits per heavy atom. The molecule has 7 heteroatoms. The summed E-state index contributed by atoms with van der Waals surface area (Å²) in [6.45, 7) is 2.18. The maximum atomic E-state index is 12.0. The van der Waals surface area contributed by atoms with Crippen molar-refractivity contribution in [1.29, 1.82) is 0 Å². The average molecular weight is 353 g/mol. The molecule has 1 saturated heterocycles. The monoisotopic (exact) mass is 353 g/mol. The number of nitrogens with one attached hydrogen (secondary N) is 2. The summed E-state index contributed by atoms with van der Waals surface area (Å²) in [4.78, 5) is 34.9. The fraction of sp³-hybridized carbons (Fsp3) is 0.368. The van der Waals surface area contributed by atoms with E-state index in [0.717, 1.165) is 31.6 Å². The lowest BCUT2D eigenvalue weighted by atomic mass is 10.1. The smallest absolute Gasteiger partial charge is 0.251 e. The molecule has 1 aliphatic rings. The molecule has 7 nitrogen and oxygen atoms in total. The van der Waals surface area contributed by atoms with Crippen molar-refractivity contribution in [3.63, 3.8) is 0 Å². The third-order valence-electron chi connectivity index (χ3n) is 4.25. The molecule has 2 heterocycles. The molecule has 26 heavy (non-hydrogen) atoms. The average Bonchev–Trinajstić information content (AvgIpc) is 2.72. The van der Waals surface area contributed by atoms with E-state index in [0.29, 0.717) is 18.1 Å². The molecule has 1 aromatic heterocycles. The molecule has 0 saturated carbocycles. The number of amides is 2. The van der Waals surface area contributed by atoms with Crippen LogP contribution < -0.4 is 15.5 Å². The lowest BCUT2D eigenvalue weighted by molar-refractivity contribution is -0.120. The van der Waals surface area contributed by atoms with Gasteiger partial charge in [-0.05, 0) is 37.5 Å². The van der Waals surface area contributed by atoms with Gasteiger partial charge in [0, 0.05) is 24.8 Å². The van der Waals surface area contributed by atoms with E-state index in [1.807, 2.05) is 6.07 Å². The first-order chi connectivity index (χ1) is 12.7. The number of hydrogen-bond acceptors (Lipinski definition) is 5. The molecular formula is C19H23N5O2. The first-order valence-corrected chi connectivity index (χ1v) is 8.89. The van der Waals surface area contributed by atoms with Crippen LogP contribution in [0, 0.1) is 0 Å². The van der Waals surface area contributed by atoms with Crippen LogP contribution in [0.25, 0.3) is 0 Å². The molecule has 2 amide bonds. The van der Waals surface area contributed by atoms with E-state index in [-0.39, 0.29) is 18.4 Å². The summed E-state index contributed by atoms with van der Waals surface area (Å²) < 4.78 is 0. The first kappa shape index (κ1) is 17.8. The van der Waals surface area contributed by atoms with Gasteiger partial charge in [-0.15, -0.1) is 0 Å². The zero-order valence-electron chi connectivity index (χ0n) is 14.6. The van der Waals surface area contributed by atoms with Gasteiger partial charge >= 0.3 is 0 Å². The second-order valence-corrected chi connectivity index (χ2v) is 6.22. The van der Waals surface area contributed by atoms with Crippen molar-refractivity contribution in [3.05, 3.63) is 53.9 Å². The van der Waals surface area contributed by atoms with Gasteiger partial charge in [-0.1, -0.05) is 18.2 Å². The van der Waals surface area contributed by atoms with Crippen LogP contribution in [0.5, 0.6) is 0 Å². The van der Waals surface area contributed by atoms with Crippen LogP contribution in [0.15, 0.2) is 42.6 Å².